The van der Waals surface area contributed by atoms with Crippen molar-refractivity contribution in [3.8, 4) is 6.01 Å². The summed E-state index contributed by atoms with van der Waals surface area (Å²) >= 11 is 3.28. The number of amides is 1. The van der Waals surface area contributed by atoms with Crippen LogP contribution in [0.3, 0.4) is 0 Å². The molecule has 26 heavy (non-hydrogen) atoms. The summed E-state index contributed by atoms with van der Waals surface area (Å²) in [6.07, 6.45) is 5.28. The van der Waals surface area contributed by atoms with Gasteiger partial charge in [-0.2, -0.15) is 0 Å². The lowest BCUT2D eigenvalue weighted by molar-refractivity contribution is -0.133. The van der Waals surface area contributed by atoms with Gasteiger partial charge in [-0.15, -0.1) is 0 Å². The van der Waals surface area contributed by atoms with Crippen LogP contribution in [0.15, 0.2) is 47.2 Å². The molecule has 1 atom stereocenters. The summed E-state index contributed by atoms with van der Waals surface area (Å²) in [6, 6.07) is 9.38. The third-order valence-corrected chi connectivity index (χ3v) is 4.67. The molecule has 2 heterocycles. The third kappa shape index (κ3) is 5.11. The fourth-order valence-corrected chi connectivity index (χ4v) is 3.12. The van der Waals surface area contributed by atoms with Gasteiger partial charge >= 0.3 is 6.01 Å². The molecule has 0 unspecified atom stereocenters. The number of nitrogens with zero attached hydrogens (tertiary/aromatic N) is 3. The van der Waals surface area contributed by atoms with Gasteiger partial charge in [0.25, 0.3) is 0 Å². The minimum atomic E-state index is -0.126. The highest BCUT2D eigenvalue weighted by Crippen LogP contribution is 2.17. The van der Waals surface area contributed by atoms with Gasteiger partial charge in [0.15, 0.2) is 5.78 Å². The number of halogens is 1. The molecule has 1 aliphatic heterocycles. The predicted molar refractivity (Wildman–Crippen MR) is 100.0 cm³/mol. The van der Waals surface area contributed by atoms with Crippen LogP contribution >= 0.6 is 15.9 Å². The van der Waals surface area contributed by atoms with E-state index in [0.717, 1.165) is 17.3 Å². The van der Waals surface area contributed by atoms with Crippen LogP contribution in [-0.2, 0) is 4.79 Å². The zero-order valence-corrected chi connectivity index (χ0v) is 15.9. The summed E-state index contributed by atoms with van der Waals surface area (Å²) in [7, 11) is 0. The van der Waals surface area contributed by atoms with E-state index in [4.69, 9.17) is 4.74 Å². The monoisotopic (exact) mass is 417 g/mol. The summed E-state index contributed by atoms with van der Waals surface area (Å²) in [5.74, 6) is -0.0219. The predicted octanol–water partition coefficient (Wildman–Crippen LogP) is 3.27. The van der Waals surface area contributed by atoms with Gasteiger partial charge in [0, 0.05) is 37.3 Å². The molecule has 1 fully saturated rings. The number of hydrogen-bond acceptors (Lipinski definition) is 5. The zero-order chi connectivity index (χ0) is 18.4. The van der Waals surface area contributed by atoms with Gasteiger partial charge in [0.1, 0.15) is 6.10 Å². The van der Waals surface area contributed by atoms with Crippen molar-refractivity contribution in [2.45, 2.75) is 31.8 Å². The Labute approximate surface area is 160 Å². The van der Waals surface area contributed by atoms with Crippen molar-refractivity contribution in [3.05, 3.63) is 52.8 Å². The molecule has 0 radical (unpaired) electrons. The molecule has 0 saturated carbocycles. The molecule has 1 amide bonds. The average molecular weight is 418 g/mol. The second kappa shape index (κ2) is 8.89. The molecular formula is C19H20BrN3O3. The van der Waals surface area contributed by atoms with Crippen molar-refractivity contribution in [1.29, 1.82) is 0 Å². The van der Waals surface area contributed by atoms with Crippen LogP contribution in [0.5, 0.6) is 6.01 Å². The van der Waals surface area contributed by atoms with Gasteiger partial charge in [-0.1, -0.05) is 30.3 Å². The Hall–Kier alpha value is -2.28. The fourth-order valence-electron chi connectivity index (χ4n) is 2.92. The summed E-state index contributed by atoms with van der Waals surface area (Å²) in [6.45, 7) is 1.19. The average Bonchev–Trinajstić information content (AvgIpc) is 2.68. The van der Waals surface area contributed by atoms with Crippen molar-refractivity contribution in [1.82, 2.24) is 14.9 Å². The van der Waals surface area contributed by atoms with Crippen LogP contribution in [0, 0.1) is 0 Å². The molecule has 6 nitrogen and oxygen atoms in total. The summed E-state index contributed by atoms with van der Waals surface area (Å²) in [5, 5.41) is 0. The van der Waals surface area contributed by atoms with Gasteiger partial charge in [0.05, 0.1) is 11.0 Å². The molecule has 0 bridgehead atoms. The van der Waals surface area contributed by atoms with Crippen LogP contribution in [0.25, 0.3) is 0 Å². The van der Waals surface area contributed by atoms with E-state index in [1.807, 2.05) is 18.2 Å². The lowest BCUT2D eigenvalue weighted by atomic mass is 10.0. The van der Waals surface area contributed by atoms with Crippen molar-refractivity contribution < 1.29 is 14.3 Å². The minimum Gasteiger partial charge on any atom is -0.458 e. The maximum absolute atomic E-state index is 12.5. The highest BCUT2D eigenvalue weighted by molar-refractivity contribution is 9.10. The second-order valence-corrected chi connectivity index (χ2v) is 7.11. The number of piperidine rings is 1. The van der Waals surface area contributed by atoms with Crippen LogP contribution in [-0.4, -0.2) is 45.8 Å². The minimum absolute atomic E-state index is 0.00739. The molecule has 0 aliphatic carbocycles. The normalized spacial score (nSPS) is 17.0. The largest absolute Gasteiger partial charge is 0.458 e. The van der Waals surface area contributed by atoms with E-state index in [9.17, 15) is 9.59 Å². The molecule has 0 spiro atoms. The Morgan fingerprint density at radius 1 is 1.15 bits per heavy atom. The number of carbonyl (C=O) groups is 2. The first-order valence-electron chi connectivity index (χ1n) is 8.62. The lowest BCUT2D eigenvalue weighted by Crippen LogP contribution is -2.44. The first-order valence-corrected chi connectivity index (χ1v) is 9.41. The molecule has 7 heteroatoms. The number of Topliss-reactive ketones (excluding diaryl/α,β-unsaturated/α-hetero) is 1. The van der Waals surface area contributed by atoms with Crippen LogP contribution in [0.2, 0.25) is 0 Å². The molecule has 136 valence electrons. The highest BCUT2D eigenvalue weighted by atomic mass is 79.9. The van der Waals surface area contributed by atoms with Crippen molar-refractivity contribution in [2.24, 2.45) is 0 Å². The maximum Gasteiger partial charge on any atom is 0.316 e. The molecule has 1 aliphatic rings. The molecule has 1 aromatic carbocycles. The smallest absolute Gasteiger partial charge is 0.316 e. The van der Waals surface area contributed by atoms with Gasteiger partial charge < -0.3 is 9.64 Å². The van der Waals surface area contributed by atoms with Crippen LogP contribution in [0.1, 0.15) is 36.0 Å². The quantitative estimate of drug-likeness (QED) is 0.674. The summed E-state index contributed by atoms with van der Waals surface area (Å²) in [4.78, 5) is 34.6. The van der Waals surface area contributed by atoms with Gasteiger partial charge in [-0.05, 0) is 28.8 Å². The number of ether oxygens (including phenoxy) is 1. The lowest BCUT2D eigenvalue weighted by Gasteiger charge is -2.32. The maximum atomic E-state index is 12.5. The standard InChI is InChI=1S/C19H20BrN3O3/c20-15-11-21-19(22-12-15)26-16-7-4-10-23(13-16)18(25)9-8-17(24)14-5-2-1-3-6-14/h1-3,5-6,11-12,16H,4,7-10,13H2/t16-/m0/s1. The van der Waals surface area contributed by atoms with Crippen LogP contribution in [0.4, 0.5) is 0 Å². The van der Waals surface area contributed by atoms with Crippen LogP contribution < -0.4 is 4.74 Å². The van der Waals surface area contributed by atoms with Crippen molar-refractivity contribution in [2.75, 3.05) is 13.1 Å². The Bertz CT molecular complexity index is 752. The van der Waals surface area contributed by atoms with Gasteiger partial charge in [0.2, 0.25) is 5.91 Å². The van der Waals surface area contributed by atoms with E-state index >= 15 is 0 Å². The van der Waals surface area contributed by atoms with E-state index in [-0.39, 0.29) is 30.6 Å². The second-order valence-electron chi connectivity index (χ2n) is 6.19. The van der Waals surface area contributed by atoms with Gasteiger partial charge in [-0.3, -0.25) is 9.59 Å². The van der Waals surface area contributed by atoms with E-state index < -0.39 is 0 Å². The number of rotatable bonds is 6. The van der Waals surface area contributed by atoms with Crippen molar-refractivity contribution >= 4 is 27.6 Å². The summed E-state index contributed by atoms with van der Waals surface area (Å²) < 4.78 is 6.57. The molecule has 3 rings (SSSR count). The Balaban J connectivity index is 1.49. The molecule has 0 N–H and O–H groups in total. The number of hydrogen-bond donors (Lipinski definition) is 0. The molecule has 1 aromatic heterocycles. The first kappa shape index (κ1) is 18.5. The Morgan fingerprint density at radius 2 is 1.88 bits per heavy atom. The van der Waals surface area contributed by atoms with Gasteiger partial charge in [-0.25, -0.2) is 9.97 Å². The van der Waals surface area contributed by atoms with Crippen molar-refractivity contribution in [3.63, 3.8) is 0 Å². The molecule has 2 aromatic rings. The molecular weight excluding hydrogens is 398 g/mol. The highest BCUT2D eigenvalue weighted by Gasteiger charge is 2.25. The van der Waals surface area contributed by atoms with E-state index in [0.29, 0.717) is 24.7 Å². The number of carbonyl (C=O) groups excluding carboxylic acids is 2. The third-order valence-electron chi connectivity index (χ3n) is 4.26. The first-order chi connectivity index (χ1) is 12.6. The number of aromatic nitrogens is 2. The molecule has 1 saturated heterocycles. The fraction of sp³-hybridized carbons (Fsp3) is 0.368. The SMILES string of the molecule is O=C(CCC(=O)N1CCC[C@H](Oc2ncc(Br)cn2)C1)c1ccccc1. The number of ketones is 1. The van der Waals surface area contributed by atoms with E-state index in [2.05, 4.69) is 25.9 Å². The van der Waals surface area contributed by atoms with E-state index in [1.165, 1.54) is 0 Å². The zero-order valence-electron chi connectivity index (χ0n) is 14.3. The van der Waals surface area contributed by atoms with E-state index in [1.54, 1.807) is 29.4 Å². The Kier molecular flexibility index (Phi) is 6.33. The topological polar surface area (TPSA) is 72.4 Å². The Morgan fingerprint density at radius 3 is 2.62 bits per heavy atom. The number of benzene rings is 1. The number of likely N-dealkylation sites (tertiary alicyclic amines) is 1. The summed E-state index contributed by atoms with van der Waals surface area (Å²) in [5.41, 5.74) is 0.646.